The summed E-state index contributed by atoms with van der Waals surface area (Å²) in [5.74, 6) is 0.535. The summed E-state index contributed by atoms with van der Waals surface area (Å²) < 4.78 is 11.3. The van der Waals surface area contributed by atoms with Crippen LogP contribution < -0.4 is 0 Å². The van der Waals surface area contributed by atoms with Crippen LogP contribution in [0.3, 0.4) is 0 Å². The van der Waals surface area contributed by atoms with Crippen LogP contribution in [-0.2, 0) is 19.1 Å². The minimum atomic E-state index is -0.00681. The third-order valence-electron chi connectivity index (χ3n) is 11.6. The zero-order valence-corrected chi connectivity index (χ0v) is 35.2. The van der Waals surface area contributed by atoms with Crippen LogP contribution in [0.1, 0.15) is 233 Å². The van der Waals surface area contributed by atoms with Crippen LogP contribution >= 0.6 is 0 Å². The van der Waals surface area contributed by atoms with Gasteiger partial charge in [-0.25, -0.2) is 0 Å². The Hall–Kier alpha value is -1.14. The summed E-state index contributed by atoms with van der Waals surface area (Å²) in [5.41, 5.74) is 0.464. The van der Waals surface area contributed by atoms with Gasteiger partial charge in [-0.1, -0.05) is 143 Å². The van der Waals surface area contributed by atoms with E-state index in [0.29, 0.717) is 37.4 Å². The lowest BCUT2D eigenvalue weighted by molar-refractivity contribution is -0.145. The first-order valence-electron chi connectivity index (χ1n) is 23.1. The molecule has 6 heteroatoms. The number of nitrogens with zero attached hydrogens (tertiary/aromatic N) is 1. The number of esters is 2. The van der Waals surface area contributed by atoms with Gasteiger partial charge in [0, 0.05) is 26.0 Å². The molecular weight excluding hydrogens is 647 g/mol. The number of hydrogen-bond donors (Lipinski definition) is 1. The molecule has 1 fully saturated rings. The average Bonchev–Trinajstić information content (AvgIpc) is 3.91. The van der Waals surface area contributed by atoms with Crippen molar-refractivity contribution in [1.29, 1.82) is 0 Å². The van der Waals surface area contributed by atoms with Crippen LogP contribution in [0.5, 0.6) is 0 Å². The summed E-state index contributed by atoms with van der Waals surface area (Å²) in [6.45, 7) is 11.4. The van der Waals surface area contributed by atoms with Gasteiger partial charge in [0.05, 0.1) is 13.2 Å². The summed E-state index contributed by atoms with van der Waals surface area (Å²) in [6, 6.07) is 0. The highest BCUT2D eigenvalue weighted by Gasteiger charge is 2.41. The number of hydrogen-bond acceptors (Lipinski definition) is 6. The Labute approximate surface area is 323 Å². The fourth-order valence-corrected chi connectivity index (χ4v) is 7.84. The predicted octanol–water partition coefficient (Wildman–Crippen LogP) is 12.9. The van der Waals surface area contributed by atoms with Crippen molar-refractivity contribution in [3.63, 3.8) is 0 Å². The third kappa shape index (κ3) is 30.2. The lowest BCUT2D eigenvalue weighted by Gasteiger charge is -2.23. The quantitative estimate of drug-likeness (QED) is 0.0498. The Morgan fingerprint density at radius 1 is 0.538 bits per heavy atom. The highest BCUT2D eigenvalue weighted by Crippen LogP contribution is 2.53. The normalized spacial score (nSPS) is 13.7. The summed E-state index contributed by atoms with van der Waals surface area (Å²) in [4.78, 5) is 27.3. The van der Waals surface area contributed by atoms with Crippen molar-refractivity contribution >= 4 is 11.9 Å². The molecule has 1 aliphatic rings. The van der Waals surface area contributed by atoms with Crippen LogP contribution in [0.4, 0.5) is 0 Å². The summed E-state index contributed by atoms with van der Waals surface area (Å²) >= 11 is 0. The molecule has 0 aromatic heterocycles. The van der Waals surface area contributed by atoms with Gasteiger partial charge in [0.1, 0.15) is 0 Å². The van der Waals surface area contributed by atoms with Crippen molar-refractivity contribution in [3.8, 4) is 0 Å². The van der Waals surface area contributed by atoms with Gasteiger partial charge < -0.3 is 19.5 Å². The summed E-state index contributed by atoms with van der Waals surface area (Å²) in [6.07, 6.45) is 38.9. The van der Waals surface area contributed by atoms with Gasteiger partial charge in [0.25, 0.3) is 0 Å². The van der Waals surface area contributed by atoms with E-state index in [-0.39, 0.29) is 18.5 Å². The largest absolute Gasteiger partial charge is 0.466 e. The molecule has 0 amide bonds. The van der Waals surface area contributed by atoms with Crippen LogP contribution in [0, 0.1) is 11.3 Å². The molecule has 0 unspecified atom stereocenters. The Morgan fingerprint density at radius 3 is 1.60 bits per heavy atom. The number of carbonyl (C=O) groups excluding carboxylic acids is 2. The second-order valence-electron chi connectivity index (χ2n) is 16.7. The van der Waals surface area contributed by atoms with Crippen molar-refractivity contribution in [2.24, 2.45) is 11.3 Å². The molecule has 308 valence electrons. The first-order chi connectivity index (χ1) is 25.5. The van der Waals surface area contributed by atoms with E-state index in [4.69, 9.17) is 9.47 Å². The fourth-order valence-electron chi connectivity index (χ4n) is 7.84. The minimum Gasteiger partial charge on any atom is -0.466 e. The van der Waals surface area contributed by atoms with Crippen LogP contribution in [0.25, 0.3) is 0 Å². The van der Waals surface area contributed by atoms with Crippen molar-refractivity contribution < 1.29 is 24.2 Å². The molecule has 1 aliphatic carbocycles. The van der Waals surface area contributed by atoms with Crippen molar-refractivity contribution in [2.45, 2.75) is 233 Å². The minimum absolute atomic E-state index is 0.00399. The average molecular weight is 736 g/mol. The molecule has 0 aromatic carbocycles. The van der Waals surface area contributed by atoms with E-state index in [9.17, 15) is 14.7 Å². The van der Waals surface area contributed by atoms with Gasteiger partial charge in [-0.15, -0.1) is 0 Å². The van der Waals surface area contributed by atoms with Crippen molar-refractivity contribution in [3.05, 3.63) is 0 Å². The van der Waals surface area contributed by atoms with Gasteiger partial charge >= 0.3 is 11.9 Å². The zero-order chi connectivity index (χ0) is 37.8. The lowest BCUT2D eigenvalue weighted by atomic mass is 9.93. The Kier molecular flexibility index (Phi) is 33.4. The SMILES string of the molecule is CCCCCCCCCOC(=O)CCCC1(CCCN(CCCO)CCCCCCCC(=O)OCC(CCCCCCC)CCCCCCC)CC1. The van der Waals surface area contributed by atoms with E-state index in [1.807, 2.05) is 0 Å². The molecule has 0 atom stereocenters. The Balaban J connectivity index is 2.16. The molecule has 0 heterocycles. The maximum atomic E-state index is 12.5. The van der Waals surface area contributed by atoms with Gasteiger partial charge in [-0.2, -0.15) is 0 Å². The van der Waals surface area contributed by atoms with Crippen molar-refractivity contribution in [2.75, 3.05) is 39.5 Å². The highest BCUT2D eigenvalue weighted by molar-refractivity contribution is 5.69. The predicted molar refractivity (Wildman–Crippen MR) is 221 cm³/mol. The summed E-state index contributed by atoms with van der Waals surface area (Å²) in [7, 11) is 0. The molecule has 0 aliphatic heterocycles. The zero-order valence-electron chi connectivity index (χ0n) is 35.2. The molecule has 1 rings (SSSR count). The second-order valence-corrected chi connectivity index (χ2v) is 16.7. The second kappa shape index (κ2) is 35.6. The lowest BCUT2D eigenvalue weighted by Crippen LogP contribution is -2.28. The van der Waals surface area contributed by atoms with Crippen LogP contribution in [0.2, 0.25) is 0 Å². The van der Waals surface area contributed by atoms with E-state index in [0.717, 1.165) is 58.2 Å². The van der Waals surface area contributed by atoms with Gasteiger partial charge in [0.2, 0.25) is 0 Å². The maximum Gasteiger partial charge on any atom is 0.305 e. The van der Waals surface area contributed by atoms with Gasteiger partial charge in [-0.3, -0.25) is 9.59 Å². The number of rotatable bonds is 41. The Bertz CT molecular complexity index is 786. The number of unbranched alkanes of at least 4 members (excludes halogenated alkanes) is 18. The highest BCUT2D eigenvalue weighted by atomic mass is 16.5. The number of aliphatic hydroxyl groups excluding tert-OH is 1. The molecule has 0 aromatic rings. The molecule has 0 radical (unpaired) electrons. The standard InChI is InChI=1S/C46H89NO5/c1-4-7-10-13-14-20-25-41-51-44(49)32-26-33-46(35-36-46)34-27-38-47(39-28-40-48)37-24-19-15-18-23-31-45(50)52-42-43(29-21-16-11-8-5-2)30-22-17-12-9-6-3/h43,48H,4-42H2,1-3H3. The van der Waals surface area contributed by atoms with Crippen molar-refractivity contribution in [1.82, 2.24) is 4.90 Å². The Morgan fingerprint density at radius 2 is 1.00 bits per heavy atom. The number of aliphatic hydroxyl groups is 1. The van der Waals surface area contributed by atoms with Gasteiger partial charge in [0.15, 0.2) is 0 Å². The third-order valence-corrected chi connectivity index (χ3v) is 11.6. The van der Waals surface area contributed by atoms with E-state index in [2.05, 4.69) is 25.7 Å². The smallest absolute Gasteiger partial charge is 0.305 e. The van der Waals surface area contributed by atoms with E-state index in [1.165, 1.54) is 161 Å². The fraction of sp³-hybridized carbons (Fsp3) is 0.957. The number of carbonyl (C=O) groups is 2. The van der Waals surface area contributed by atoms with Crippen LogP contribution in [-0.4, -0.2) is 61.4 Å². The molecule has 0 bridgehead atoms. The molecule has 6 nitrogen and oxygen atoms in total. The molecule has 52 heavy (non-hydrogen) atoms. The maximum absolute atomic E-state index is 12.5. The van der Waals surface area contributed by atoms with Crippen LogP contribution in [0.15, 0.2) is 0 Å². The number of ether oxygens (including phenoxy) is 2. The monoisotopic (exact) mass is 736 g/mol. The molecular formula is C46H89NO5. The molecule has 1 saturated carbocycles. The first-order valence-corrected chi connectivity index (χ1v) is 23.1. The van der Waals surface area contributed by atoms with E-state index in [1.54, 1.807) is 0 Å². The summed E-state index contributed by atoms with van der Waals surface area (Å²) in [5, 5.41) is 9.45. The van der Waals surface area contributed by atoms with E-state index < -0.39 is 0 Å². The topological polar surface area (TPSA) is 76.1 Å². The van der Waals surface area contributed by atoms with Gasteiger partial charge in [-0.05, 0) is 101 Å². The van der Waals surface area contributed by atoms with E-state index >= 15 is 0 Å². The molecule has 0 saturated heterocycles. The molecule has 1 N–H and O–H groups in total. The first kappa shape index (κ1) is 48.9. The molecule has 0 spiro atoms.